The number of rotatable bonds is 6. The van der Waals surface area contributed by atoms with Crippen LogP contribution in [-0.4, -0.2) is 22.1 Å². The van der Waals surface area contributed by atoms with Crippen molar-refractivity contribution in [3.63, 3.8) is 0 Å². The van der Waals surface area contributed by atoms with Crippen molar-refractivity contribution in [3.05, 3.63) is 78.0 Å². The summed E-state index contributed by atoms with van der Waals surface area (Å²) in [5, 5.41) is 14.6. The number of carbonyl (C=O) groups is 2. The lowest BCUT2D eigenvalue weighted by atomic mass is 9.86. The van der Waals surface area contributed by atoms with Crippen LogP contribution in [0.2, 0.25) is 0 Å². The minimum atomic E-state index is -0.902. The lowest BCUT2D eigenvalue weighted by Crippen LogP contribution is -2.20. The summed E-state index contributed by atoms with van der Waals surface area (Å²) >= 11 is 0. The van der Waals surface area contributed by atoms with Crippen molar-refractivity contribution in [2.75, 3.05) is 10.6 Å². The number of carbonyl (C=O) groups excluding carboxylic acids is 1. The van der Waals surface area contributed by atoms with Crippen LogP contribution in [0.5, 0.6) is 11.6 Å². The molecule has 2 amide bonds. The molecule has 7 nitrogen and oxygen atoms in total. The van der Waals surface area contributed by atoms with Crippen LogP contribution in [0.4, 0.5) is 16.2 Å². The molecule has 0 fully saturated rings. The Labute approximate surface area is 187 Å². The Morgan fingerprint density at radius 2 is 1.66 bits per heavy atom. The van der Waals surface area contributed by atoms with Crippen LogP contribution in [0.15, 0.2) is 66.9 Å². The molecule has 32 heavy (non-hydrogen) atoms. The topological polar surface area (TPSA) is 101 Å². The van der Waals surface area contributed by atoms with E-state index in [0.29, 0.717) is 22.7 Å². The normalized spacial score (nSPS) is 12.0. The van der Waals surface area contributed by atoms with Gasteiger partial charge in [0, 0.05) is 17.4 Å². The second kappa shape index (κ2) is 9.51. The van der Waals surface area contributed by atoms with Crippen molar-refractivity contribution in [1.82, 2.24) is 4.98 Å². The number of nitrogens with one attached hydrogen (secondary N) is 2. The predicted molar refractivity (Wildman–Crippen MR) is 125 cm³/mol. The number of anilines is 2. The van der Waals surface area contributed by atoms with Crippen LogP contribution in [0.25, 0.3) is 0 Å². The molecule has 0 bridgehead atoms. The molecule has 1 atom stereocenters. The molecular weight excluding hydrogens is 406 g/mol. The number of benzene rings is 2. The Morgan fingerprint density at radius 3 is 2.31 bits per heavy atom. The van der Waals surface area contributed by atoms with Gasteiger partial charge in [0.1, 0.15) is 11.4 Å². The number of nitrogens with zero attached hydrogens (tertiary/aromatic N) is 1. The second-order valence-corrected chi connectivity index (χ2v) is 8.47. The molecule has 0 spiro atoms. The molecule has 0 saturated heterocycles. The molecule has 7 heteroatoms. The SMILES string of the molecule is CC(C(=O)O)c1ccc(NC(=O)Nc2cccnc2Oc2ccccc2C(C)(C)C)cc1. The Morgan fingerprint density at radius 1 is 0.969 bits per heavy atom. The van der Waals surface area contributed by atoms with Gasteiger partial charge in [0.15, 0.2) is 0 Å². The number of hydrogen-bond acceptors (Lipinski definition) is 4. The van der Waals surface area contributed by atoms with Gasteiger partial charge in [-0.1, -0.05) is 51.1 Å². The largest absolute Gasteiger partial charge is 0.481 e. The summed E-state index contributed by atoms with van der Waals surface area (Å²) < 4.78 is 6.07. The number of carboxylic acids is 1. The number of hydrogen-bond donors (Lipinski definition) is 3. The Bertz CT molecular complexity index is 1100. The standard InChI is InChI=1S/C25H27N3O4/c1-16(23(29)30)17-11-13-18(14-12-17)27-24(31)28-20-9-7-15-26-22(20)32-21-10-6-5-8-19(21)25(2,3)4/h5-16H,1-4H3,(H,29,30)(H2,27,28,31). The molecule has 0 radical (unpaired) electrons. The molecular formula is C25H27N3O4. The third kappa shape index (κ3) is 5.63. The fraction of sp³-hybridized carbons (Fsp3) is 0.240. The fourth-order valence-electron chi connectivity index (χ4n) is 3.13. The van der Waals surface area contributed by atoms with Crippen molar-refractivity contribution in [2.45, 2.75) is 39.0 Å². The highest BCUT2D eigenvalue weighted by atomic mass is 16.5. The quantitative estimate of drug-likeness (QED) is 0.442. The van der Waals surface area contributed by atoms with Crippen molar-refractivity contribution < 1.29 is 19.4 Å². The van der Waals surface area contributed by atoms with Crippen LogP contribution >= 0.6 is 0 Å². The maximum Gasteiger partial charge on any atom is 0.323 e. The first-order valence-corrected chi connectivity index (χ1v) is 10.3. The van der Waals surface area contributed by atoms with Gasteiger partial charge < -0.3 is 20.5 Å². The van der Waals surface area contributed by atoms with E-state index in [0.717, 1.165) is 5.56 Å². The van der Waals surface area contributed by atoms with Crippen molar-refractivity contribution in [3.8, 4) is 11.6 Å². The Hall–Kier alpha value is -3.87. The monoisotopic (exact) mass is 433 g/mol. The molecule has 3 N–H and O–H groups in total. The molecule has 0 aliphatic rings. The highest BCUT2D eigenvalue weighted by Gasteiger charge is 2.20. The third-order valence-corrected chi connectivity index (χ3v) is 4.96. The van der Waals surface area contributed by atoms with E-state index in [1.54, 1.807) is 49.5 Å². The predicted octanol–water partition coefficient (Wildman–Crippen LogP) is 6.00. The molecule has 1 heterocycles. The second-order valence-electron chi connectivity index (χ2n) is 8.47. The average Bonchev–Trinajstić information content (AvgIpc) is 2.74. The van der Waals surface area contributed by atoms with Gasteiger partial charge in [0.2, 0.25) is 5.88 Å². The van der Waals surface area contributed by atoms with Gasteiger partial charge in [-0.05, 0) is 48.2 Å². The van der Waals surface area contributed by atoms with E-state index in [1.807, 2.05) is 24.3 Å². The summed E-state index contributed by atoms with van der Waals surface area (Å²) in [5.41, 5.74) is 2.51. The van der Waals surface area contributed by atoms with E-state index >= 15 is 0 Å². The van der Waals surface area contributed by atoms with Crippen LogP contribution in [0.1, 0.15) is 44.7 Å². The van der Waals surface area contributed by atoms with Crippen molar-refractivity contribution in [1.29, 1.82) is 0 Å². The number of urea groups is 1. The smallest absolute Gasteiger partial charge is 0.323 e. The fourth-order valence-corrected chi connectivity index (χ4v) is 3.13. The zero-order chi connectivity index (χ0) is 23.3. The van der Waals surface area contributed by atoms with E-state index in [1.165, 1.54) is 0 Å². The highest BCUT2D eigenvalue weighted by molar-refractivity contribution is 6.00. The molecule has 0 aliphatic heterocycles. The van der Waals surface area contributed by atoms with E-state index in [4.69, 9.17) is 9.84 Å². The number of ether oxygens (including phenoxy) is 1. The van der Waals surface area contributed by atoms with E-state index in [-0.39, 0.29) is 11.3 Å². The van der Waals surface area contributed by atoms with Gasteiger partial charge in [-0.15, -0.1) is 0 Å². The van der Waals surface area contributed by atoms with E-state index in [9.17, 15) is 9.59 Å². The number of carboxylic acid groups (broad SMARTS) is 1. The molecule has 1 unspecified atom stereocenters. The Balaban J connectivity index is 1.73. The zero-order valence-corrected chi connectivity index (χ0v) is 18.5. The summed E-state index contributed by atoms with van der Waals surface area (Å²) in [5.74, 6) is -0.570. The first-order valence-electron chi connectivity index (χ1n) is 10.3. The summed E-state index contributed by atoms with van der Waals surface area (Å²) in [4.78, 5) is 27.9. The van der Waals surface area contributed by atoms with Gasteiger partial charge in [0.25, 0.3) is 0 Å². The summed E-state index contributed by atoms with van der Waals surface area (Å²) in [6, 6.07) is 17.4. The number of aliphatic carboxylic acids is 1. The minimum absolute atomic E-state index is 0.124. The molecule has 2 aromatic carbocycles. The van der Waals surface area contributed by atoms with Crippen LogP contribution in [0, 0.1) is 0 Å². The van der Waals surface area contributed by atoms with Crippen molar-refractivity contribution in [2.24, 2.45) is 0 Å². The number of para-hydroxylation sites is 1. The number of aromatic nitrogens is 1. The zero-order valence-electron chi connectivity index (χ0n) is 18.5. The van der Waals surface area contributed by atoms with Crippen LogP contribution in [-0.2, 0) is 10.2 Å². The molecule has 0 saturated carbocycles. The average molecular weight is 434 g/mol. The molecule has 166 valence electrons. The maximum atomic E-state index is 12.5. The molecule has 1 aromatic heterocycles. The van der Waals surface area contributed by atoms with Gasteiger partial charge in [-0.2, -0.15) is 0 Å². The number of amides is 2. The van der Waals surface area contributed by atoms with E-state index < -0.39 is 17.9 Å². The van der Waals surface area contributed by atoms with Gasteiger partial charge in [-0.25, -0.2) is 9.78 Å². The van der Waals surface area contributed by atoms with Gasteiger partial charge >= 0.3 is 12.0 Å². The minimum Gasteiger partial charge on any atom is -0.481 e. The lowest BCUT2D eigenvalue weighted by molar-refractivity contribution is -0.138. The molecule has 0 aliphatic carbocycles. The number of pyridine rings is 1. The lowest BCUT2D eigenvalue weighted by Gasteiger charge is -2.22. The maximum absolute atomic E-state index is 12.5. The first-order chi connectivity index (χ1) is 15.1. The third-order valence-electron chi connectivity index (χ3n) is 4.96. The summed E-state index contributed by atoms with van der Waals surface area (Å²) in [7, 11) is 0. The summed E-state index contributed by atoms with van der Waals surface area (Å²) in [6.07, 6.45) is 1.60. The van der Waals surface area contributed by atoms with E-state index in [2.05, 4.69) is 36.4 Å². The summed E-state index contributed by atoms with van der Waals surface area (Å²) in [6.45, 7) is 7.91. The molecule has 3 aromatic rings. The Kier molecular flexibility index (Phi) is 6.78. The highest BCUT2D eigenvalue weighted by Crippen LogP contribution is 2.35. The van der Waals surface area contributed by atoms with Crippen LogP contribution in [0.3, 0.4) is 0 Å². The van der Waals surface area contributed by atoms with Gasteiger partial charge in [0.05, 0.1) is 5.92 Å². The molecule has 3 rings (SSSR count). The van der Waals surface area contributed by atoms with Crippen molar-refractivity contribution >= 4 is 23.4 Å². The van der Waals surface area contributed by atoms with Crippen LogP contribution < -0.4 is 15.4 Å². The first kappa shape index (κ1) is 22.8. The van der Waals surface area contributed by atoms with Gasteiger partial charge in [-0.3, -0.25) is 4.79 Å².